The standard InChI is InChI=1S/C7H7.C2H6N.Ho/c1-7-5-3-2-4-6-7;1-3-2;/h2-6H,1H2;1-2H3;/q;-1;+1. The van der Waals surface area contributed by atoms with Crippen LogP contribution in [0.25, 0.3) is 0 Å². The average molecular weight is 300 g/mol. The maximum atomic E-state index is 2.30. The van der Waals surface area contributed by atoms with Crippen LogP contribution < -0.4 is 0 Å². The van der Waals surface area contributed by atoms with E-state index in [0.717, 1.165) is 0 Å². The van der Waals surface area contributed by atoms with Gasteiger partial charge in [-0.3, -0.25) is 0 Å². The van der Waals surface area contributed by atoms with Gasteiger partial charge in [0, 0.05) is 0 Å². The van der Waals surface area contributed by atoms with Gasteiger partial charge < -0.3 is 0 Å². The van der Waals surface area contributed by atoms with Crippen LogP contribution in [0.1, 0.15) is 5.56 Å². The molecule has 0 atom stereocenters. The zero-order valence-electron chi connectivity index (χ0n) is 6.84. The molecule has 1 aromatic carbocycles. The molecule has 0 amide bonds. The SMILES string of the molecule is C[N](C)[Ho][CH2]c1ccccc1. The third kappa shape index (κ3) is 4.12. The minimum absolute atomic E-state index is 0.325. The van der Waals surface area contributed by atoms with Crippen LogP contribution in [-0.4, -0.2) is 15.5 Å². The van der Waals surface area contributed by atoms with E-state index in [9.17, 15) is 0 Å². The van der Waals surface area contributed by atoms with Crippen molar-refractivity contribution in [3.05, 3.63) is 35.9 Å². The Morgan fingerprint density at radius 2 is 1.82 bits per heavy atom. The topological polar surface area (TPSA) is 3.24 Å². The number of hydrogen-bond donors (Lipinski definition) is 0. The van der Waals surface area contributed by atoms with Crippen molar-refractivity contribution in [1.29, 1.82) is 0 Å². The van der Waals surface area contributed by atoms with Gasteiger partial charge in [-0.1, -0.05) is 0 Å². The Morgan fingerprint density at radius 3 is 2.36 bits per heavy atom. The van der Waals surface area contributed by atoms with Gasteiger partial charge in [0.15, 0.2) is 0 Å². The molecule has 0 heterocycles. The predicted molar refractivity (Wildman–Crippen MR) is 43.8 cm³/mol. The molecule has 0 aliphatic heterocycles. The van der Waals surface area contributed by atoms with Crippen molar-refractivity contribution in [2.75, 3.05) is 14.1 Å². The summed E-state index contributed by atoms with van der Waals surface area (Å²) in [6.07, 6.45) is 0. The van der Waals surface area contributed by atoms with Crippen molar-refractivity contribution in [1.82, 2.24) is 1.39 Å². The molecule has 65 valence electrons. The quantitative estimate of drug-likeness (QED) is 0.769. The third-order valence-electron chi connectivity index (χ3n) is 1.20. The Kier molecular flexibility index (Phi) is 4.46. The molecular formula is C9H13HoN. The molecule has 0 spiro atoms. The van der Waals surface area contributed by atoms with Crippen LogP contribution in [0.2, 0.25) is 0 Å². The minimum atomic E-state index is 0.325. The predicted octanol–water partition coefficient (Wildman–Crippen LogP) is 1.75. The molecule has 11 heavy (non-hydrogen) atoms. The van der Waals surface area contributed by atoms with Crippen molar-refractivity contribution >= 4 is 0 Å². The third-order valence-corrected chi connectivity index (χ3v) is 3.52. The summed E-state index contributed by atoms with van der Waals surface area (Å²) < 4.78 is 3.54. The second-order valence-electron chi connectivity index (χ2n) is 2.40. The van der Waals surface area contributed by atoms with Crippen LogP contribution in [-0.2, 0) is 2.52 Å². The van der Waals surface area contributed by atoms with E-state index in [1.807, 2.05) is 0 Å². The zero-order chi connectivity index (χ0) is 8.10. The van der Waals surface area contributed by atoms with E-state index >= 15 is 0 Å². The first-order valence-electron chi connectivity index (χ1n) is 3.51. The molecule has 0 N–H and O–H groups in total. The monoisotopic (exact) mass is 300 g/mol. The Bertz CT molecular complexity index is 196. The van der Waals surface area contributed by atoms with E-state index in [1.165, 1.54) is 8.08 Å². The van der Waals surface area contributed by atoms with Gasteiger partial charge in [-0.15, -0.1) is 0 Å². The summed E-state index contributed by atoms with van der Waals surface area (Å²) in [6, 6.07) is 10.7. The Balaban J connectivity index is 2.39. The van der Waals surface area contributed by atoms with E-state index in [-0.39, 0.29) is 0 Å². The van der Waals surface area contributed by atoms with Crippen LogP contribution in [0.15, 0.2) is 30.3 Å². The van der Waals surface area contributed by atoms with Crippen LogP contribution in [0, 0.1) is 34.2 Å². The first-order chi connectivity index (χ1) is 5.29. The van der Waals surface area contributed by atoms with Crippen LogP contribution in [0.3, 0.4) is 0 Å². The number of nitrogens with zero attached hydrogens (tertiary/aromatic N) is 1. The first-order valence-corrected chi connectivity index (χ1v) is 5.74. The van der Waals surface area contributed by atoms with Crippen molar-refractivity contribution in [3.8, 4) is 0 Å². The Labute approximate surface area is 87.3 Å². The van der Waals surface area contributed by atoms with Crippen LogP contribution in [0.5, 0.6) is 0 Å². The fourth-order valence-corrected chi connectivity index (χ4v) is 2.12. The van der Waals surface area contributed by atoms with Gasteiger partial charge >= 0.3 is 88.1 Å². The maximum absolute atomic E-state index is 2.30. The summed E-state index contributed by atoms with van der Waals surface area (Å²) in [5, 5.41) is 0. The van der Waals surface area contributed by atoms with Crippen molar-refractivity contribution in [3.63, 3.8) is 0 Å². The Morgan fingerprint density at radius 1 is 1.18 bits per heavy atom. The molecule has 0 radical (unpaired) electrons. The van der Waals surface area contributed by atoms with E-state index in [0.29, 0.717) is 34.2 Å². The summed E-state index contributed by atoms with van der Waals surface area (Å²) in [5.74, 6) is 0. The molecule has 0 bridgehead atoms. The van der Waals surface area contributed by atoms with Crippen molar-refractivity contribution in [2.24, 2.45) is 0 Å². The molecule has 1 rings (SSSR count). The molecule has 0 aliphatic carbocycles. The molecule has 0 saturated heterocycles. The second kappa shape index (κ2) is 5.15. The summed E-state index contributed by atoms with van der Waals surface area (Å²) in [4.78, 5) is 0. The molecule has 1 nitrogen and oxygen atoms in total. The van der Waals surface area contributed by atoms with Gasteiger partial charge in [0.25, 0.3) is 0 Å². The second-order valence-corrected chi connectivity index (χ2v) is 5.43. The van der Waals surface area contributed by atoms with Gasteiger partial charge in [0.1, 0.15) is 0 Å². The average Bonchev–Trinajstić information content (AvgIpc) is 2.03. The molecule has 1 aromatic rings. The van der Waals surface area contributed by atoms with Gasteiger partial charge in [-0.25, -0.2) is 0 Å². The van der Waals surface area contributed by atoms with Crippen molar-refractivity contribution in [2.45, 2.75) is 2.52 Å². The van der Waals surface area contributed by atoms with Gasteiger partial charge in [0.05, 0.1) is 0 Å². The molecule has 0 fully saturated rings. The summed E-state index contributed by atoms with van der Waals surface area (Å²) in [6.45, 7) is 0. The van der Waals surface area contributed by atoms with Gasteiger partial charge in [0.2, 0.25) is 0 Å². The molecule has 0 aliphatic rings. The fourth-order valence-electron chi connectivity index (χ4n) is 0.699. The molecular weight excluding hydrogens is 287 g/mol. The first kappa shape index (κ1) is 9.53. The molecule has 0 aromatic heterocycles. The van der Waals surface area contributed by atoms with Crippen LogP contribution >= 0.6 is 0 Å². The van der Waals surface area contributed by atoms with Crippen molar-refractivity contribution < 1.29 is 34.2 Å². The zero-order valence-corrected chi connectivity index (χ0v) is 8.78. The fraction of sp³-hybridized carbons (Fsp3) is 0.333. The van der Waals surface area contributed by atoms with E-state index in [1.54, 1.807) is 0 Å². The Hall–Kier alpha value is 0.440. The van der Waals surface area contributed by atoms with Crippen LogP contribution in [0.4, 0.5) is 0 Å². The van der Waals surface area contributed by atoms with E-state index in [2.05, 4.69) is 45.8 Å². The molecule has 0 unspecified atom stereocenters. The van der Waals surface area contributed by atoms with Gasteiger partial charge in [-0.05, 0) is 0 Å². The van der Waals surface area contributed by atoms with E-state index < -0.39 is 0 Å². The summed E-state index contributed by atoms with van der Waals surface area (Å²) >= 11 is 0.325. The number of rotatable bonds is 3. The number of hydrogen-bond acceptors (Lipinski definition) is 1. The number of benzene rings is 1. The summed E-state index contributed by atoms with van der Waals surface area (Å²) in [7, 11) is 4.29. The molecule has 0 saturated carbocycles. The molecule has 2 heteroatoms. The van der Waals surface area contributed by atoms with Gasteiger partial charge in [-0.2, -0.15) is 0 Å². The van der Waals surface area contributed by atoms with E-state index in [4.69, 9.17) is 0 Å². The normalized spacial score (nSPS) is 10.8. The summed E-state index contributed by atoms with van der Waals surface area (Å²) in [5.41, 5.74) is 1.46.